The number of amides is 1. The average molecular weight is 449 g/mol. The Morgan fingerprint density at radius 1 is 1.46 bits per heavy atom. The quantitative estimate of drug-likeness (QED) is 0.390. The highest BCUT2D eigenvalue weighted by Gasteiger charge is 2.58. The molecule has 0 bridgehead atoms. The highest BCUT2D eigenvalue weighted by molar-refractivity contribution is 9.10. The van der Waals surface area contributed by atoms with E-state index in [0.29, 0.717) is 17.6 Å². The average Bonchev–Trinajstić information content (AvgIpc) is 2.55. The van der Waals surface area contributed by atoms with Crippen molar-refractivity contribution in [3.63, 3.8) is 0 Å². The molecule has 2 aliphatic rings. The zero-order chi connectivity index (χ0) is 19.3. The second kappa shape index (κ2) is 6.35. The molecule has 7 nitrogen and oxygen atoms in total. The van der Waals surface area contributed by atoms with Crippen molar-refractivity contribution >= 4 is 38.0 Å². The number of carboxylic acid groups (broad SMARTS) is 1. The maximum atomic E-state index is 14.7. The molecule has 0 aliphatic carbocycles. The number of aromatic nitrogens is 1. The normalized spacial score (nSPS) is 30.7. The lowest BCUT2D eigenvalue weighted by atomic mass is 9.89. The van der Waals surface area contributed by atoms with Crippen LogP contribution in [0.15, 0.2) is 21.7 Å². The number of amidine groups is 1. The third-order valence-electron chi connectivity index (χ3n) is 5.36. The van der Waals surface area contributed by atoms with E-state index in [1.54, 1.807) is 20.8 Å². The van der Waals surface area contributed by atoms with Crippen molar-refractivity contribution in [1.82, 2.24) is 15.0 Å². The van der Waals surface area contributed by atoms with Crippen molar-refractivity contribution in [3.8, 4) is 0 Å². The Morgan fingerprint density at radius 2 is 2.15 bits per heavy atom. The summed E-state index contributed by atoms with van der Waals surface area (Å²) in [7, 11) is -3.18. The van der Waals surface area contributed by atoms with Gasteiger partial charge in [0.25, 0.3) is 0 Å². The van der Waals surface area contributed by atoms with E-state index < -0.39 is 37.6 Å². The molecule has 1 saturated heterocycles. The van der Waals surface area contributed by atoms with Gasteiger partial charge in [-0.05, 0) is 71.8 Å². The predicted octanol–water partition coefficient (Wildman–Crippen LogP) is 2.34. The number of aliphatic imine (C=N–C) groups is 1. The van der Waals surface area contributed by atoms with E-state index in [-0.39, 0.29) is 11.5 Å². The first-order chi connectivity index (χ1) is 12.0. The third-order valence-corrected chi connectivity index (χ3v) is 10.0. The number of nitrogens with one attached hydrogen (secondary N) is 2. The van der Waals surface area contributed by atoms with Crippen molar-refractivity contribution < 1.29 is 18.5 Å². The first-order valence-electron chi connectivity index (χ1n) is 8.30. The van der Waals surface area contributed by atoms with Crippen molar-refractivity contribution in [2.45, 2.75) is 49.1 Å². The molecule has 26 heavy (non-hydrogen) atoms. The van der Waals surface area contributed by atoms with Gasteiger partial charge in [-0.2, -0.15) is 0 Å². The molecule has 1 aromatic heterocycles. The molecule has 2 atom stereocenters. The summed E-state index contributed by atoms with van der Waals surface area (Å²) in [4.78, 5) is 20.1. The zero-order valence-electron chi connectivity index (χ0n) is 14.7. The van der Waals surface area contributed by atoms with Crippen LogP contribution < -0.4 is 10.0 Å². The second-order valence-electron chi connectivity index (χ2n) is 7.29. The molecular weight excluding hydrogens is 427 g/mol. The van der Waals surface area contributed by atoms with Crippen molar-refractivity contribution in [2.24, 2.45) is 4.99 Å². The number of nitrogens with zero attached hydrogens (tertiary/aromatic N) is 2. The van der Waals surface area contributed by atoms with Crippen molar-refractivity contribution in [1.29, 1.82) is 0 Å². The van der Waals surface area contributed by atoms with Gasteiger partial charge in [-0.25, -0.2) is 14.2 Å². The lowest BCUT2D eigenvalue weighted by molar-refractivity contribution is 0.199. The fourth-order valence-corrected chi connectivity index (χ4v) is 7.97. The monoisotopic (exact) mass is 448 g/mol. The second-order valence-corrected chi connectivity index (χ2v) is 11.5. The molecule has 144 valence electrons. The van der Waals surface area contributed by atoms with Crippen LogP contribution in [0, 0.1) is 5.82 Å². The Labute approximate surface area is 160 Å². The number of rotatable bonds is 1. The summed E-state index contributed by atoms with van der Waals surface area (Å²) in [6.07, 6.45) is 0.0541. The summed E-state index contributed by atoms with van der Waals surface area (Å²) < 4.78 is 31.3. The molecule has 0 unspecified atom stereocenters. The van der Waals surface area contributed by atoms with Gasteiger partial charge in [0.15, 0.2) is 0 Å². The Bertz CT molecular complexity index is 847. The summed E-state index contributed by atoms with van der Waals surface area (Å²) in [5, 5.41) is 11.0. The van der Waals surface area contributed by atoms with E-state index in [9.17, 15) is 18.5 Å². The largest absolute Gasteiger partial charge is 0.465 e. The van der Waals surface area contributed by atoms with Gasteiger partial charge in [0.2, 0.25) is 0 Å². The number of fused-ring (bicyclic) bond motifs is 1. The molecule has 1 amide bonds. The summed E-state index contributed by atoms with van der Waals surface area (Å²) in [5.74, 6) is -0.506. The molecule has 1 fully saturated rings. The molecule has 0 spiro atoms. The van der Waals surface area contributed by atoms with E-state index >= 15 is 0 Å². The van der Waals surface area contributed by atoms with Gasteiger partial charge in [0.05, 0.1) is 10.00 Å². The highest BCUT2D eigenvalue weighted by atomic mass is 79.9. The summed E-state index contributed by atoms with van der Waals surface area (Å²) >= 11 is 3.25. The Kier molecular flexibility index (Phi) is 4.73. The van der Waals surface area contributed by atoms with Crippen LogP contribution in [0.1, 0.15) is 39.3 Å². The topological polar surface area (TPSA) is 104 Å². The van der Waals surface area contributed by atoms with E-state index in [1.165, 1.54) is 12.1 Å². The maximum Gasteiger partial charge on any atom is 0.410 e. The van der Waals surface area contributed by atoms with Gasteiger partial charge in [-0.3, -0.25) is 19.2 Å². The van der Waals surface area contributed by atoms with Crippen LogP contribution in [-0.2, 0) is 15.7 Å². The van der Waals surface area contributed by atoms with Gasteiger partial charge in [0, 0.05) is 6.54 Å². The van der Waals surface area contributed by atoms with Crippen LogP contribution in [0.25, 0.3) is 0 Å². The number of hydrogen-bond donors (Lipinski definition) is 4. The molecule has 3 heterocycles. The lowest BCUT2D eigenvalue weighted by Gasteiger charge is -2.56. The fraction of sp³-hybridized carbons (Fsp3) is 0.562. The summed E-state index contributed by atoms with van der Waals surface area (Å²) in [5.41, 5.74) is -1.20. The Balaban J connectivity index is 2.30. The molecule has 0 saturated carbocycles. The predicted molar refractivity (Wildman–Crippen MR) is 102 cm³/mol. The van der Waals surface area contributed by atoms with Gasteiger partial charge in [-0.15, -0.1) is 0 Å². The van der Waals surface area contributed by atoms with Gasteiger partial charge < -0.3 is 5.11 Å². The lowest BCUT2D eigenvalue weighted by Crippen LogP contribution is -2.70. The molecule has 3 N–H and O–H groups in total. The van der Waals surface area contributed by atoms with E-state index in [0.717, 1.165) is 6.42 Å². The number of halogens is 2. The van der Waals surface area contributed by atoms with Gasteiger partial charge in [-0.1, -0.05) is 0 Å². The molecule has 3 rings (SSSR count). The minimum atomic E-state index is -3.18. The zero-order valence-corrected chi connectivity index (χ0v) is 17.2. The van der Waals surface area contributed by atoms with Crippen molar-refractivity contribution in [2.75, 3.05) is 6.54 Å². The summed E-state index contributed by atoms with van der Waals surface area (Å²) in [6, 6.07) is 2.76. The maximum absolute atomic E-state index is 14.7. The molecule has 2 aliphatic heterocycles. The van der Waals surface area contributed by atoms with E-state index in [4.69, 9.17) is 0 Å². The first kappa shape index (κ1) is 19.4. The van der Waals surface area contributed by atoms with Crippen LogP contribution in [-0.4, -0.2) is 42.8 Å². The number of carbonyl (C=O) groups is 1. The van der Waals surface area contributed by atoms with Crippen LogP contribution in [0.5, 0.6) is 0 Å². The number of hydrogen-bond acceptors (Lipinski definition) is 4. The SMILES string of the molecule is CC1(C)C(NC(=O)O)=N[C@](C)(c2nc(Br)ccc2F)[C@@H]2CCCN[SH]21=O. The Morgan fingerprint density at radius 3 is 2.81 bits per heavy atom. The number of pyridine rings is 1. The molecule has 10 heteroatoms. The molecule has 0 aromatic carbocycles. The Hall–Kier alpha value is -1.39. The minimum Gasteiger partial charge on any atom is -0.465 e. The third kappa shape index (κ3) is 2.78. The number of thiol groups is 1. The van der Waals surface area contributed by atoms with Crippen LogP contribution in [0.3, 0.4) is 0 Å². The standard InChI is InChI=1S/C16H22BrFN4O3S/c1-15(2)13(21-14(23)24)22-16(3,10-5-4-8-19-26(10,15)25)12-9(18)6-7-11(17)20-12/h6-7,10,26H,4-5,8H2,1-3H3,(H,19,25)(H,21,22)(H,23,24)/t10-,16-/m0/s1. The minimum absolute atomic E-state index is 0.0565. The van der Waals surface area contributed by atoms with Crippen molar-refractivity contribution in [3.05, 3.63) is 28.2 Å². The van der Waals surface area contributed by atoms with Gasteiger partial charge >= 0.3 is 6.09 Å². The molecule has 0 radical (unpaired) electrons. The smallest absolute Gasteiger partial charge is 0.410 e. The summed E-state index contributed by atoms with van der Waals surface area (Å²) in [6.45, 7) is 5.65. The highest BCUT2D eigenvalue weighted by Crippen LogP contribution is 2.48. The van der Waals surface area contributed by atoms with Crippen LogP contribution in [0.2, 0.25) is 0 Å². The first-order valence-corrected chi connectivity index (χ1v) is 10.9. The van der Waals surface area contributed by atoms with E-state index in [2.05, 4.69) is 35.9 Å². The molecular formula is C16H22BrFN4O3S. The molecule has 1 aromatic rings. The van der Waals surface area contributed by atoms with Crippen LogP contribution in [0.4, 0.5) is 9.18 Å². The van der Waals surface area contributed by atoms with Gasteiger partial charge in [0.1, 0.15) is 27.5 Å². The van der Waals surface area contributed by atoms with Crippen LogP contribution >= 0.6 is 15.9 Å². The van der Waals surface area contributed by atoms with E-state index in [1.807, 2.05) is 0 Å². The fourth-order valence-electron chi connectivity index (χ4n) is 3.92.